The molecule has 0 atom stereocenters. The van der Waals surface area contributed by atoms with E-state index in [9.17, 15) is 0 Å². The van der Waals surface area contributed by atoms with Crippen LogP contribution in [0.25, 0.3) is 33.1 Å². The third-order valence-corrected chi connectivity index (χ3v) is 4.77. The zero-order chi connectivity index (χ0) is 20.4. The van der Waals surface area contributed by atoms with Crippen LogP contribution in [0.4, 0.5) is 5.82 Å². The lowest BCUT2D eigenvalue weighted by Gasteiger charge is -2.08. The molecule has 1 aromatic carbocycles. The fourth-order valence-electron chi connectivity index (χ4n) is 3.08. The van der Waals surface area contributed by atoms with E-state index in [1.54, 1.807) is 4.68 Å². The third-order valence-electron chi connectivity index (χ3n) is 4.50. The molecule has 0 aliphatic rings. The number of rotatable bonds is 2. The number of anilines is 1. The average molecular weight is 407 g/mol. The van der Waals surface area contributed by atoms with Crippen molar-refractivity contribution in [2.75, 3.05) is 5.73 Å². The zero-order valence-corrected chi connectivity index (χ0v) is 16.7. The molecule has 5 rings (SSSR count). The number of halogens is 1. The molecular formula is C20H19ClN8. The molecule has 9 heteroatoms. The number of nitrogens with two attached hydrogens (primary N) is 1. The second-order valence-electron chi connectivity index (χ2n) is 6.42. The molecule has 0 fully saturated rings. The number of nitrogens with one attached hydrogen (secondary N) is 1. The topological polar surface area (TPSA) is 111 Å². The number of aromatic nitrogens is 7. The van der Waals surface area contributed by atoms with E-state index in [1.165, 1.54) is 12.7 Å². The molecule has 146 valence electrons. The van der Waals surface area contributed by atoms with Gasteiger partial charge in [-0.05, 0) is 23.4 Å². The van der Waals surface area contributed by atoms with Crippen molar-refractivity contribution in [2.45, 2.75) is 13.3 Å². The highest BCUT2D eigenvalue weighted by Gasteiger charge is 2.11. The van der Waals surface area contributed by atoms with Gasteiger partial charge in [0.15, 0.2) is 11.5 Å². The molecule has 0 saturated carbocycles. The summed E-state index contributed by atoms with van der Waals surface area (Å²) in [5.41, 5.74) is 9.93. The Morgan fingerprint density at radius 3 is 2.79 bits per heavy atom. The van der Waals surface area contributed by atoms with Crippen molar-refractivity contribution in [1.82, 2.24) is 34.7 Å². The number of nitrogen functional groups attached to an aromatic ring is 1. The maximum atomic E-state index is 6.36. The smallest absolute Gasteiger partial charge is 0.182 e. The molecule has 0 radical (unpaired) electrons. The predicted molar refractivity (Wildman–Crippen MR) is 114 cm³/mol. The van der Waals surface area contributed by atoms with Crippen molar-refractivity contribution in [3.63, 3.8) is 0 Å². The summed E-state index contributed by atoms with van der Waals surface area (Å²) in [4.78, 5) is 18.8. The van der Waals surface area contributed by atoms with Crippen molar-refractivity contribution >= 4 is 39.4 Å². The van der Waals surface area contributed by atoms with Gasteiger partial charge in [0.1, 0.15) is 17.0 Å². The van der Waals surface area contributed by atoms with E-state index < -0.39 is 0 Å². The highest BCUT2D eigenvalue weighted by molar-refractivity contribution is 6.35. The minimum absolute atomic E-state index is 0.433. The minimum Gasteiger partial charge on any atom is -0.382 e. The molecule has 0 aliphatic carbocycles. The Labute approximate surface area is 171 Å². The predicted octanol–water partition coefficient (Wildman–Crippen LogP) is 3.79. The minimum atomic E-state index is 0.433. The SMILES string of the molecule is CCc1cc2cccc(-c3cnn(C)c3)c2c(Cl)n1.Nc1ncnc2nc[nH]c12. The number of benzene rings is 1. The molecule has 8 nitrogen and oxygen atoms in total. The van der Waals surface area contributed by atoms with Gasteiger partial charge in [-0.2, -0.15) is 5.10 Å². The van der Waals surface area contributed by atoms with Gasteiger partial charge in [-0.3, -0.25) is 4.68 Å². The molecule has 0 amide bonds. The van der Waals surface area contributed by atoms with Crippen molar-refractivity contribution in [2.24, 2.45) is 7.05 Å². The molecule has 0 aliphatic heterocycles. The summed E-state index contributed by atoms with van der Waals surface area (Å²) < 4.78 is 1.79. The van der Waals surface area contributed by atoms with Crippen molar-refractivity contribution < 1.29 is 0 Å². The van der Waals surface area contributed by atoms with E-state index in [1.807, 2.05) is 25.5 Å². The Balaban J connectivity index is 0.000000171. The molecule has 29 heavy (non-hydrogen) atoms. The number of imidazole rings is 1. The van der Waals surface area contributed by atoms with Crippen LogP contribution in [0, 0.1) is 0 Å². The number of hydrogen-bond acceptors (Lipinski definition) is 6. The van der Waals surface area contributed by atoms with Gasteiger partial charge in [-0.25, -0.2) is 19.9 Å². The van der Waals surface area contributed by atoms with Gasteiger partial charge in [-0.1, -0.05) is 36.7 Å². The van der Waals surface area contributed by atoms with Crippen LogP contribution in [0.5, 0.6) is 0 Å². The number of aromatic amines is 1. The van der Waals surface area contributed by atoms with E-state index in [-0.39, 0.29) is 0 Å². The first-order valence-corrected chi connectivity index (χ1v) is 9.41. The van der Waals surface area contributed by atoms with Crippen molar-refractivity contribution in [3.05, 3.63) is 60.2 Å². The summed E-state index contributed by atoms with van der Waals surface area (Å²) in [5, 5.41) is 6.90. The Bertz CT molecular complexity index is 1290. The first-order valence-electron chi connectivity index (χ1n) is 9.03. The Morgan fingerprint density at radius 2 is 2.07 bits per heavy atom. The monoisotopic (exact) mass is 406 g/mol. The molecule has 0 spiro atoms. The summed E-state index contributed by atoms with van der Waals surface area (Å²) in [6.45, 7) is 2.08. The van der Waals surface area contributed by atoms with Crippen LogP contribution < -0.4 is 5.73 Å². The normalized spacial score (nSPS) is 10.9. The number of fused-ring (bicyclic) bond motifs is 2. The van der Waals surface area contributed by atoms with E-state index in [2.05, 4.69) is 55.1 Å². The molecule has 5 aromatic rings. The van der Waals surface area contributed by atoms with E-state index in [0.717, 1.165) is 34.0 Å². The Kier molecular flexibility index (Phi) is 5.09. The van der Waals surface area contributed by atoms with Gasteiger partial charge in [0.05, 0.1) is 12.5 Å². The van der Waals surface area contributed by atoms with Gasteiger partial charge < -0.3 is 10.7 Å². The second kappa shape index (κ2) is 7.84. The molecule has 0 saturated heterocycles. The van der Waals surface area contributed by atoms with Crippen LogP contribution in [0.15, 0.2) is 49.3 Å². The van der Waals surface area contributed by atoms with Gasteiger partial charge in [0.2, 0.25) is 0 Å². The fraction of sp³-hybridized carbons (Fsp3) is 0.150. The average Bonchev–Trinajstić information content (AvgIpc) is 3.37. The lowest BCUT2D eigenvalue weighted by molar-refractivity contribution is 0.768. The number of aryl methyl sites for hydroxylation is 2. The first-order chi connectivity index (χ1) is 14.1. The number of nitrogens with zero attached hydrogens (tertiary/aromatic N) is 6. The molecule has 4 heterocycles. The molecule has 0 unspecified atom stereocenters. The standard InChI is InChI=1S/C15H14ClN3.C5H5N5/c1-3-12-7-10-5-4-6-13(14(10)15(16)18-12)11-8-17-19(2)9-11;6-4-3-5(9-1-7-3)10-2-8-4/h4-9H,3H2,1-2H3;1-2H,(H3,6,7,8,9,10). The Hall–Kier alpha value is -3.52. The fourth-order valence-corrected chi connectivity index (χ4v) is 3.40. The number of pyridine rings is 1. The summed E-state index contributed by atoms with van der Waals surface area (Å²) in [6, 6.07) is 8.27. The lowest BCUT2D eigenvalue weighted by Crippen LogP contribution is -1.91. The van der Waals surface area contributed by atoms with Crippen LogP contribution in [0.2, 0.25) is 5.15 Å². The van der Waals surface area contributed by atoms with Crippen LogP contribution in [0.1, 0.15) is 12.6 Å². The quantitative estimate of drug-likeness (QED) is 0.431. The van der Waals surface area contributed by atoms with E-state index in [0.29, 0.717) is 22.1 Å². The van der Waals surface area contributed by atoms with Crippen LogP contribution >= 0.6 is 11.6 Å². The van der Waals surface area contributed by atoms with Crippen LogP contribution in [-0.2, 0) is 13.5 Å². The lowest BCUT2D eigenvalue weighted by atomic mass is 10.0. The molecular weight excluding hydrogens is 388 g/mol. The highest BCUT2D eigenvalue weighted by Crippen LogP contribution is 2.33. The zero-order valence-electron chi connectivity index (χ0n) is 16.0. The van der Waals surface area contributed by atoms with Gasteiger partial charge in [-0.15, -0.1) is 0 Å². The third kappa shape index (κ3) is 3.74. The largest absolute Gasteiger partial charge is 0.382 e. The maximum Gasteiger partial charge on any atom is 0.182 e. The molecule has 4 aromatic heterocycles. The number of hydrogen-bond donors (Lipinski definition) is 2. The summed E-state index contributed by atoms with van der Waals surface area (Å²) in [5.74, 6) is 0.433. The first kappa shape index (κ1) is 18.8. The Morgan fingerprint density at radius 1 is 1.21 bits per heavy atom. The van der Waals surface area contributed by atoms with Crippen molar-refractivity contribution in [3.8, 4) is 11.1 Å². The van der Waals surface area contributed by atoms with Gasteiger partial charge in [0, 0.05) is 29.9 Å². The summed E-state index contributed by atoms with van der Waals surface area (Å²) in [7, 11) is 1.91. The number of H-pyrrole nitrogens is 1. The van der Waals surface area contributed by atoms with Gasteiger partial charge >= 0.3 is 0 Å². The summed E-state index contributed by atoms with van der Waals surface area (Å²) >= 11 is 6.36. The molecule has 3 N–H and O–H groups in total. The van der Waals surface area contributed by atoms with Gasteiger partial charge in [0.25, 0.3) is 0 Å². The molecule has 0 bridgehead atoms. The summed E-state index contributed by atoms with van der Waals surface area (Å²) in [6.07, 6.45) is 7.64. The van der Waals surface area contributed by atoms with Crippen LogP contribution in [0.3, 0.4) is 0 Å². The van der Waals surface area contributed by atoms with E-state index in [4.69, 9.17) is 17.3 Å². The van der Waals surface area contributed by atoms with E-state index >= 15 is 0 Å². The maximum absolute atomic E-state index is 6.36. The van der Waals surface area contributed by atoms with Crippen LogP contribution in [-0.4, -0.2) is 34.7 Å². The van der Waals surface area contributed by atoms with Crippen molar-refractivity contribution in [1.29, 1.82) is 0 Å². The second-order valence-corrected chi connectivity index (χ2v) is 6.78. The highest BCUT2D eigenvalue weighted by atomic mass is 35.5.